The van der Waals surface area contributed by atoms with E-state index in [9.17, 15) is 9.59 Å². The molecular formula is C9H12O3. The van der Waals surface area contributed by atoms with Crippen molar-refractivity contribution in [2.45, 2.75) is 25.7 Å². The molecule has 3 atom stereocenters. The minimum atomic E-state index is -0.715. The SMILES string of the molecule is O=C1C[C@@H]2C[C@H]1CC[C@H]2C(=O)O. The molecule has 66 valence electrons. The summed E-state index contributed by atoms with van der Waals surface area (Å²) >= 11 is 0. The van der Waals surface area contributed by atoms with Gasteiger partial charge in [0.25, 0.3) is 0 Å². The number of aliphatic carboxylic acids is 1. The Morgan fingerprint density at radius 1 is 1.42 bits per heavy atom. The first-order chi connectivity index (χ1) is 5.68. The van der Waals surface area contributed by atoms with Gasteiger partial charge in [0, 0.05) is 12.3 Å². The van der Waals surface area contributed by atoms with E-state index in [4.69, 9.17) is 5.11 Å². The van der Waals surface area contributed by atoms with Gasteiger partial charge in [0.1, 0.15) is 5.78 Å². The lowest BCUT2D eigenvalue weighted by Crippen LogP contribution is -2.25. The third kappa shape index (κ3) is 1.04. The second-order valence-electron chi connectivity index (χ2n) is 3.89. The Labute approximate surface area is 70.8 Å². The largest absolute Gasteiger partial charge is 0.481 e. The van der Waals surface area contributed by atoms with Crippen LogP contribution in [0.25, 0.3) is 0 Å². The van der Waals surface area contributed by atoms with Crippen LogP contribution in [0.5, 0.6) is 0 Å². The fourth-order valence-electron chi connectivity index (χ4n) is 2.53. The van der Waals surface area contributed by atoms with Crippen LogP contribution in [0.15, 0.2) is 0 Å². The summed E-state index contributed by atoms with van der Waals surface area (Å²) in [6.07, 6.45) is 2.85. The topological polar surface area (TPSA) is 54.4 Å². The van der Waals surface area contributed by atoms with Crippen molar-refractivity contribution in [3.8, 4) is 0 Å². The third-order valence-corrected chi connectivity index (χ3v) is 3.22. The van der Waals surface area contributed by atoms with Crippen LogP contribution in [0.4, 0.5) is 0 Å². The second-order valence-corrected chi connectivity index (χ2v) is 3.89. The number of rotatable bonds is 1. The van der Waals surface area contributed by atoms with Crippen LogP contribution < -0.4 is 0 Å². The summed E-state index contributed by atoms with van der Waals surface area (Å²) in [5, 5.41) is 8.83. The molecule has 12 heavy (non-hydrogen) atoms. The van der Waals surface area contributed by atoms with E-state index < -0.39 is 5.97 Å². The van der Waals surface area contributed by atoms with Gasteiger partial charge in [-0.25, -0.2) is 0 Å². The molecule has 2 bridgehead atoms. The molecule has 2 fully saturated rings. The number of carboxylic acid groups (broad SMARTS) is 1. The number of carbonyl (C=O) groups is 2. The molecule has 0 saturated heterocycles. The number of Topliss-reactive ketones (excluding diaryl/α,β-unsaturated/α-hetero) is 1. The molecular weight excluding hydrogens is 156 g/mol. The zero-order valence-corrected chi connectivity index (χ0v) is 6.82. The maximum absolute atomic E-state index is 11.2. The van der Waals surface area contributed by atoms with Crippen LogP contribution >= 0.6 is 0 Å². The van der Waals surface area contributed by atoms with Crippen molar-refractivity contribution in [2.75, 3.05) is 0 Å². The molecule has 0 unspecified atom stereocenters. The lowest BCUT2D eigenvalue weighted by Gasteiger charge is -2.23. The van der Waals surface area contributed by atoms with Crippen molar-refractivity contribution in [1.29, 1.82) is 0 Å². The summed E-state index contributed by atoms with van der Waals surface area (Å²) < 4.78 is 0. The van der Waals surface area contributed by atoms with Gasteiger partial charge in [-0.2, -0.15) is 0 Å². The highest BCUT2D eigenvalue weighted by molar-refractivity contribution is 5.85. The Bertz CT molecular complexity index is 234. The first-order valence-electron chi connectivity index (χ1n) is 4.44. The van der Waals surface area contributed by atoms with Crippen LogP contribution in [-0.4, -0.2) is 16.9 Å². The van der Waals surface area contributed by atoms with Crippen LogP contribution in [-0.2, 0) is 9.59 Å². The van der Waals surface area contributed by atoms with Gasteiger partial charge in [-0.15, -0.1) is 0 Å². The normalized spacial score (nSPS) is 40.0. The molecule has 0 heterocycles. The van der Waals surface area contributed by atoms with Gasteiger partial charge in [0.15, 0.2) is 0 Å². The smallest absolute Gasteiger partial charge is 0.306 e. The fraction of sp³-hybridized carbons (Fsp3) is 0.778. The molecule has 0 aromatic rings. The van der Waals surface area contributed by atoms with Crippen LogP contribution in [0.2, 0.25) is 0 Å². The van der Waals surface area contributed by atoms with Gasteiger partial charge in [-0.1, -0.05) is 0 Å². The Hall–Kier alpha value is -0.860. The van der Waals surface area contributed by atoms with E-state index in [1.54, 1.807) is 0 Å². The maximum Gasteiger partial charge on any atom is 0.306 e. The first-order valence-corrected chi connectivity index (χ1v) is 4.44. The van der Waals surface area contributed by atoms with Crippen molar-refractivity contribution in [3.05, 3.63) is 0 Å². The molecule has 0 spiro atoms. The molecule has 0 aromatic heterocycles. The van der Waals surface area contributed by atoms with Crippen molar-refractivity contribution < 1.29 is 14.7 Å². The quantitative estimate of drug-likeness (QED) is 0.637. The van der Waals surface area contributed by atoms with Crippen LogP contribution in [0.1, 0.15) is 25.7 Å². The number of hydrogen-bond donors (Lipinski definition) is 1. The fourth-order valence-corrected chi connectivity index (χ4v) is 2.53. The van der Waals surface area contributed by atoms with E-state index >= 15 is 0 Å². The minimum Gasteiger partial charge on any atom is -0.481 e. The highest BCUT2D eigenvalue weighted by atomic mass is 16.4. The number of fused-ring (bicyclic) bond motifs is 2. The summed E-state index contributed by atoms with van der Waals surface area (Å²) in [5.41, 5.74) is 0. The zero-order chi connectivity index (χ0) is 8.72. The summed E-state index contributed by atoms with van der Waals surface area (Å²) in [6, 6.07) is 0. The van der Waals surface area contributed by atoms with Crippen LogP contribution in [0.3, 0.4) is 0 Å². The predicted molar refractivity (Wildman–Crippen MR) is 41.6 cm³/mol. The Morgan fingerprint density at radius 2 is 2.17 bits per heavy atom. The monoisotopic (exact) mass is 168 g/mol. The summed E-state index contributed by atoms with van der Waals surface area (Å²) in [6.45, 7) is 0. The molecule has 0 amide bonds. The van der Waals surface area contributed by atoms with Crippen molar-refractivity contribution in [1.82, 2.24) is 0 Å². The minimum absolute atomic E-state index is 0.147. The third-order valence-electron chi connectivity index (χ3n) is 3.22. The number of carbonyl (C=O) groups excluding carboxylic acids is 1. The molecule has 2 rings (SSSR count). The standard InChI is InChI=1S/C9H12O3/c10-8-4-6-3-5(8)1-2-7(6)9(11)12/h5-7H,1-4H2,(H,11,12)/t5-,6+,7-/m1/s1. The summed E-state index contributed by atoms with van der Waals surface area (Å²) in [5.74, 6) is -0.316. The highest BCUT2D eigenvalue weighted by Crippen LogP contribution is 2.43. The van der Waals surface area contributed by atoms with Crippen LogP contribution in [0, 0.1) is 17.8 Å². The Kier molecular flexibility index (Phi) is 1.67. The van der Waals surface area contributed by atoms with Gasteiger partial charge >= 0.3 is 5.97 Å². The van der Waals surface area contributed by atoms with E-state index in [0.29, 0.717) is 18.6 Å². The molecule has 0 aliphatic heterocycles. The highest BCUT2D eigenvalue weighted by Gasteiger charge is 2.43. The van der Waals surface area contributed by atoms with E-state index in [2.05, 4.69) is 0 Å². The second kappa shape index (κ2) is 2.57. The molecule has 3 nitrogen and oxygen atoms in total. The van der Waals surface area contributed by atoms with Crippen molar-refractivity contribution in [3.63, 3.8) is 0 Å². The van der Waals surface area contributed by atoms with Gasteiger partial charge in [-0.05, 0) is 25.2 Å². The summed E-state index contributed by atoms with van der Waals surface area (Å²) in [7, 11) is 0. The number of hydrogen-bond acceptors (Lipinski definition) is 2. The average molecular weight is 168 g/mol. The first kappa shape index (κ1) is 7.77. The van der Waals surface area contributed by atoms with E-state index in [1.165, 1.54) is 0 Å². The molecule has 0 radical (unpaired) electrons. The predicted octanol–water partition coefficient (Wildman–Crippen LogP) is 1.08. The van der Waals surface area contributed by atoms with E-state index in [1.807, 2.05) is 0 Å². The molecule has 2 aliphatic rings. The number of ketones is 1. The molecule has 2 aliphatic carbocycles. The van der Waals surface area contributed by atoms with Crippen molar-refractivity contribution in [2.24, 2.45) is 17.8 Å². The summed E-state index contributed by atoms with van der Waals surface area (Å²) in [4.78, 5) is 22.0. The van der Waals surface area contributed by atoms with E-state index in [-0.39, 0.29) is 17.8 Å². The number of carboxylic acids is 1. The van der Waals surface area contributed by atoms with Gasteiger partial charge in [0.2, 0.25) is 0 Å². The molecule has 1 N–H and O–H groups in total. The lowest BCUT2D eigenvalue weighted by molar-refractivity contribution is -0.144. The average Bonchev–Trinajstić information content (AvgIpc) is 2.28. The Morgan fingerprint density at radius 3 is 2.83 bits per heavy atom. The van der Waals surface area contributed by atoms with Gasteiger partial charge < -0.3 is 5.11 Å². The Balaban J connectivity index is 2.14. The lowest BCUT2D eigenvalue weighted by atomic mass is 9.80. The van der Waals surface area contributed by atoms with E-state index in [0.717, 1.165) is 12.8 Å². The van der Waals surface area contributed by atoms with Gasteiger partial charge in [-0.3, -0.25) is 9.59 Å². The molecule has 0 aromatic carbocycles. The van der Waals surface area contributed by atoms with Gasteiger partial charge in [0.05, 0.1) is 5.92 Å². The zero-order valence-electron chi connectivity index (χ0n) is 6.82. The maximum atomic E-state index is 11.2. The molecule has 2 saturated carbocycles. The van der Waals surface area contributed by atoms with Crippen molar-refractivity contribution >= 4 is 11.8 Å². The molecule has 3 heteroatoms.